The molecule has 164 valence electrons. The summed E-state index contributed by atoms with van der Waals surface area (Å²) < 4.78 is 32.1. The monoisotopic (exact) mass is 420 g/mol. The number of hydrogen-bond acceptors (Lipinski definition) is 4. The number of aromatic nitrogens is 2. The second kappa shape index (κ2) is 10.9. The molecule has 1 aromatic heterocycles. The molecule has 0 spiro atoms. The van der Waals surface area contributed by atoms with Crippen molar-refractivity contribution in [1.82, 2.24) is 25.1 Å². The molecule has 7 nitrogen and oxygen atoms in total. The summed E-state index contributed by atoms with van der Waals surface area (Å²) in [7, 11) is 3.33. The van der Waals surface area contributed by atoms with Gasteiger partial charge in [-0.15, -0.1) is 0 Å². The SMILES string of the molecule is CN=C(NCc1nccn1C(F)F)NCC(c1ccc(OC)cc1)N1CCCCC1. The minimum Gasteiger partial charge on any atom is -0.497 e. The third kappa shape index (κ3) is 5.69. The Morgan fingerprint density at radius 1 is 1.17 bits per heavy atom. The Hall–Kier alpha value is -2.68. The number of likely N-dealkylation sites (tertiary alicyclic amines) is 1. The minimum absolute atomic E-state index is 0.161. The number of nitrogens with zero attached hydrogens (tertiary/aromatic N) is 4. The Morgan fingerprint density at radius 3 is 2.53 bits per heavy atom. The Labute approximate surface area is 176 Å². The number of piperidine rings is 1. The zero-order valence-corrected chi connectivity index (χ0v) is 17.5. The molecule has 2 heterocycles. The maximum Gasteiger partial charge on any atom is 0.319 e. The van der Waals surface area contributed by atoms with E-state index in [9.17, 15) is 8.78 Å². The van der Waals surface area contributed by atoms with Gasteiger partial charge in [0, 0.05) is 26.0 Å². The van der Waals surface area contributed by atoms with Crippen molar-refractivity contribution in [3.63, 3.8) is 0 Å². The molecule has 1 fully saturated rings. The number of rotatable bonds is 8. The van der Waals surface area contributed by atoms with E-state index in [0.717, 1.165) is 23.4 Å². The molecule has 30 heavy (non-hydrogen) atoms. The van der Waals surface area contributed by atoms with Crippen LogP contribution in [0, 0.1) is 0 Å². The van der Waals surface area contributed by atoms with E-state index in [1.807, 2.05) is 12.1 Å². The van der Waals surface area contributed by atoms with Crippen LogP contribution in [0.4, 0.5) is 8.78 Å². The van der Waals surface area contributed by atoms with Gasteiger partial charge in [0.25, 0.3) is 0 Å². The van der Waals surface area contributed by atoms with Gasteiger partial charge in [-0.25, -0.2) is 4.98 Å². The lowest BCUT2D eigenvalue weighted by molar-refractivity contribution is 0.0668. The molecule has 1 aliphatic heterocycles. The van der Waals surface area contributed by atoms with Crippen LogP contribution in [0.5, 0.6) is 5.75 Å². The zero-order valence-electron chi connectivity index (χ0n) is 17.5. The fraction of sp³-hybridized carbons (Fsp3) is 0.524. The summed E-state index contributed by atoms with van der Waals surface area (Å²) in [5, 5.41) is 6.43. The van der Waals surface area contributed by atoms with Crippen molar-refractivity contribution >= 4 is 5.96 Å². The fourth-order valence-corrected chi connectivity index (χ4v) is 3.75. The molecule has 0 bridgehead atoms. The van der Waals surface area contributed by atoms with E-state index in [2.05, 4.69) is 37.6 Å². The first-order valence-electron chi connectivity index (χ1n) is 10.2. The van der Waals surface area contributed by atoms with Gasteiger partial charge < -0.3 is 15.4 Å². The molecule has 1 atom stereocenters. The van der Waals surface area contributed by atoms with Crippen molar-refractivity contribution < 1.29 is 13.5 Å². The molecule has 3 rings (SSSR count). The summed E-state index contributed by atoms with van der Waals surface area (Å²) in [6.07, 6.45) is 6.29. The summed E-state index contributed by atoms with van der Waals surface area (Å²) in [5.74, 6) is 1.64. The van der Waals surface area contributed by atoms with E-state index in [-0.39, 0.29) is 18.4 Å². The second-order valence-corrected chi connectivity index (χ2v) is 7.22. The molecule has 1 aliphatic rings. The number of imidazole rings is 1. The van der Waals surface area contributed by atoms with Gasteiger partial charge in [-0.05, 0) is 43.6 Å². The highest BCUT2D eigenvalue weighted by Gasteiger charge is 2.23. The molecular weight excluding hydrogens is 390 g/mol. The number of methoxy groups -OCH3 is 1. The topological polar surface area (TPSA) is 66.7 Å². The van der Waals surface area contributed by atoms with Gasteiger partial charge >= 0.3 is 6.55 Å². The van der Waals surface area contributed by atoms with E-state index in [1.54, 1.807) is 14.2 Å². The Bertz CT molecular complexity index is 802. The number of alkyl halides is 2. The van der Waals surface area contributed by atoms with Crippen LogP contribution < -0.4 is 15.4 Å². The van der Waals surface area contributed by atoms with Crippen molar-refractivity contribution in [2.24, 2.45) is 4.99 Å². The lowest BCUT2D eigenvalue weighted by Crippen LogP contribution is -2.44. The van der Waals surface area contributed by atoms with Gasteiger partial charge in [0.2, 0.25) is 0 Å². The van der Waals surface area contributed by atoms with Gasteiger partial charge in [-0.1, -0.05) is 18.6 Å². The van der Waals surface area contributed by atoms with Crippen molar-refractivity contribution in [2.75, 3.05) is 33.8 Å². The highest BCUT2D eigenvalue weighted by molar-refractivity contribution is 5.79. The van der Waals surface area contributed by atoms with Gasteiger partial charge in [0.05, 0.1) is 19.7 Å². The van der Waals surface area contributed by atoms with E-state index in [0.29, 0.717) is 12.5 Å². The fourth-order valence-electron chi connectivity index (χ4n) is 3.75. The smallest absolute Gasteiger partial charge is 0.319 e. The van der Waals surface area contributed by atoms with Crippen molar-refractivity contribution in [1.29, 1.82) is 0 Å². The lowest BCUT2D eigenvalue weighted by Gasteiger charge is -2.35. The predicted octanol–water partition coefficient (Wildman–Crippen LogP) is 3.18. The van der Waals surface area contributed by atoms with Crippen LogP contribution >= 0.6 is 0 Å². The standard InChI is InChI=1S/C21H30F2N6O/c1-24-21(27-15-19-25-10-13-29(19)20(22)23)26-14-18(28-11-4-3-5-12-28)16-6-8-17(30-2)9-7-16/h6-10,13,18,20H,3-5,11-12,14-15H2,1-2H3,(H2,24,26,27). The Balaban J connectivity index is 1.64. The van der Waals surface area contributed by atoms with Crippen LogP contribution in [0.2, 0.25) is 0 Å². The van der Waals surface area contributed by atoms with Gasteiger partial charge in [-0.3, -0.25) is 14.5 Å². The molecule has 0 radical (unpaired) electrons. The predicted molar refractivity (Wildman–Crippen MR) is 113 cm³/mol. The van der Waals surface area contributed by atoms with Crippen LogP contribution in [-0.2, 0) is 6.54 Å². The molecular formula is C21H30F2N6O. The average Bonchev–Trinajstić information content (AvgIpc) is 3.26. The molecule has 2 aromatic rings. The van der Waals surface area contributed by atoms with Crippen LogP contribution in [0.15, 0.2) is 41.7 Å². The van der Waals surface area contributed by atoms with E-state index in [1.165, 1.54) is 37.2 Å². The summed E-state index contributed by atoms with van der Waals surface area (Å²) in [6.45, 7) is 0.299. The Kier molecular flexibility index (Phi) is 8.01. The molecule has 0 amide bonds. The van der Waals surface area contributed by atoms with Crippen molar-refractivity contribution in [3.8, 4) is 5.75 Å². The first-order chi connectivity index (χ1) is 14.6. The van der Waals surface area contributed by atoms with Crippen LogP contribution in [0.1, 0.15) is 43.2 Å². The Morgan fingerprint density at radius 2 is 1.90 bits per heavy atom. The number of nitrogens with one attached hydrogen (secondary N) is 2. The molecule has 1 unspecified atom stereocenters. The largest absolute Gasteiger partial charge is 0.497 e. The lowest BCUT2D eigenvalue weighted by atomic mass is 10.0. The van der Waals surface area contributed by atoms with E-state index < -0.39 is 6.55 Å². The molecule has 0 saturated carbocycles. The van der Waals surface area contributed by atoms with Crippen LogP contribution in [-0.4, -0.2) is 54.2 Å². The third-order valence-corrected chi connectivity index (χ3v) is 5.39. The molecule has 9 heteroatoms. The number of hydrogen-bond donors (Lipinski definition) is 2. The highest BCUT2D eigenvalue weighted by atomic mass is 19.3. The van der Waals surface area contributed by atoms with E-state index in [4.69, 9.17) is 4.74 Å². The van der Waals surface area contributed by atoms with Crippen LogP contribution in [0.25, 0.3) is 0 Å². The highest BCUT2D eigenvalue weighted by Crippen LogP contribution is 2.25. The molecule has 1 saturated heterocycles. The van der Waals surface area contributed by atoms with Crippen molar-refractivity contribution in [3.05, 3.63) is 48.0 Å². The number of aliphatic imine (C=N–C) groups is 1. The molecule has 2 N–H and O–H groups in total. The van der Waals surface area contributed by atoms with E-state index >= 15 is 0 Å². The van der Waals surface area contributed by atoms with Gasteiger partial charge in [0.15, 0.2) is 5.96 Å². The first-order valence-corrected chi connectivity index (χ1v) is 10.2. The quantitative estimate of drug-likeness (QED) is 0.507. The summed E-state index contributed by atoms with van der Waals surface area (Å²) in [5.41, 5.74) is 1.20. The summed E-state index contributed by atoms with van der Waals surface area (Å²) in [4.78, 5) is 10.7. The van der Waals surface area contributed by atoms with Gasteiger partial charge in [0.1, 0.15) is 11.6 Å². The second-order valence-electron chi connectivity index (χ2n) is 7.22. The maximum atomic E-state index is 13.0. The summed E-state index contributed by atoms with van der Waals surface area (Å²) >= 11 is 0. The third-order valence-electron chi connectivity index (χ3n) is 5.39. The minimum atomic E-state index is -2.61. The normalized spacial score (nSPS) is 16.5. The zero-order chi connectivity index (χ0) is 21.3. The van der Waals surface area contributed by atoms with Gasteiger partial charge in [-0.2, -0.15) is 8.78 Å². The number of ether oxygens (including phenoxy) is 1. The van der Waals surface area contributed by atoms with Crippen molar-refractivity contribution in [2.45, 2.75) is 38.4 Å². The first kappa shape index (κ1) is 22.0. The number of benzene rings is 1. The molecule has 0 aliphatic carbocycles. The maximum absolute atomic E-state index is 13.0. The molecule has 1 aromatic carbocycles. The average molecular weight is 421 g/mol. The number of guanidine groups is 1. The number of halogens is 2. The van der Waals surface area contributed by atoms with Crippen LogP contribution in [0.3, 0.4) is 0 Å². The summed E-state index contributed by atoms with van der Waals surface area (Å²) in [6, 6.07) is 8.32.